The van der Waals surface area contributed by atoms with E-state index in [1.54, 1.807) is 0 Å². The van der Waals surface area contributed by atoms with Gasteiger partial charge in [-0.3, -0.25) is 4.52 Å². The Labute approximate surface area is 137 Å². The number of benzene rings is 2. The van der Waals surface area contributed by atoms with Crippen LogP contribution < -0.4 is 5.30 Å². The molecule has 1 unspecified atom stereocenters. The highest BCUT2D eigenvalue weighted by Crippen LogP contribution is 2.57. The summed E-state index contributed by atoms with van der Waals surface area (Å²) in [6, 6.07) is 17.2. The SMILES string of the molecule is CCOP1(=O)OC(c2ccccc2)=C(I)c2ccccc21. The number of halogens is 1. The summed E-state index contributed by atoms with van der Waals surface area (Å²) < 4.78 is 25.4. The van der Waals surface area contributed by atoms with E-state index in [2.05, 4.69) is 22.6 Å². The summed E-state index contributed by atoms with van der Waals surface area (Å²) in [7, 11) is -3.33. The molecule has 108 valence electrons. The first-order valence-corrected chi connectivity index (χ1v) is 9.27. The second kappa shape index (κ2) is 5.95. The topological polar surface area (TPSA) is 35.5 Å². The van der Waals surface area contributed by atoms with Crippen molar-refractivity contribution in [2.75, 3.05) is 6.61 Å². The molecule has 3 nitrogen and oxygen atoms in total. The van der Waals surface area contributed by atoms with Crippen LogP contribution in [-0.4, -0.2) is 6.61 Å². The first-order chi connectivity index (χ1) is 10.2. The Morgan fingerprint density at radius 1 is 1.10 bits per heavy atom. The van der Waals surface area contributed by atoms with Crippen LogP contribution in [0, 0.1) is 0 Å². The van der Waals surface area contributed by atoms with Gasteiger partial charge < -0.3 is 4.52 Å². The summed E-state index contributed by atoms with van der Waals surface area (Å²) in [5.41, 5.74) is 1.82. The predicted molar refractivity (Wildman–Crippen MR) is 93.7 cm³/mol. The van der Waals surface area contributed by atoms with Crippen LogP contribution in [0.3, 0.4) is 0 Å². The molecule has 1 atom stereocenters. The van der Waals surface area contributed by atoms with E-state index < -0.39 is 7.60 Å². The van der Waals surface area contributed by atoms with Gasteiger partial charge in [0, 0.05) is 11.1 Å². The lowest BCUT2D eigenvalue weighted by molar-refractivity contribution is 0.279. The molecule has 3 rings (SSSR count). The minimum Gasteiger partial charge on any atom is -0.419 e. The first-order valence-electron chi connectivity index (χ1n) is 6.65. The van der Waals surface area contributed by atoms with Gasteiger partial charge in [-0.1, -0.05) is 48.5 Å². The normalized spacial score (nSPS) is 20.9. The lowest BCUT2D eigenvalue weighted by Crippen LogP contribution is -2.18. The molecular weight excluding hydrogens is 398 g/mol. The van der Waals surface area contributed by atoms with E-state index in [1.807, 2.05) is 61.5 Å². The average Bonchev–Trinajstić information content (AvgIpc) is 2.52. The van der Waals surface area contributed by atoms with Crippen molar-refractivity contribution in [1.29, 1.82) is 0 Å². The molecule has 0 spiro atoms. The molecule has 5 heteroatoms. The van der Waals surface area contributed by atoms with Gasteiger partial charge in [0.15, 0.2) is 5.76 Å². The van der Waals surface area contributed by atoms with E-state index in [1.165, 1.54) is 0 Å². The van der Waals surface area contributed by atoms with Crippen LogP contribution in [0.2, 0.25) is 0 Å². The molecule has 0 saturated heterocycles. The van der Waals surface area contributed by atoms with E-state index in [9.17, 15) is 4.57 Å². The summed E-state index contributed by atoms with van der Waals surface area (Å²) >= 11 is 2.24. The molecule has 0 saturated carbocycles. The highest BCUT2D eigenvalue weighted by atomic mass is 127. The molecule has 1 heterocycles. The van der Waals surface area contributed by atoms with E-state index >= 15 is 0 Å². The van der Waals surface area contributed by atoms with Crippen molar-refractivity contribution in [3.05, 3.63) is 65.7 Å². The maximum Gasteiger partial charge on any atom is 0.411 e. The smallest absolute Gasteiger partial charge is 0.411 e. The van der Waals surface area contributed by atoms with Crippen molar-refractivity contribution in [2.45, 2.75) is 6.92 Å². The van der Waals surface area contributed by atoms with Crippen molar-refractivity contribution in [3.8, 4) is 0 Å². The van der Waals surface area contributed by atoms with Crippen molar-refractivity contribution < 1.29 is 13.6 Å². The molecule has 0 bridgehead atoms. The Balaban J connectivity index is 2.21. The van der Waals surface area contributed by atoms with Gasteiger partial charge in [0.05, 0.1) is 15.5 Å². The molecule has 21 heavy (non-hydrogen) atoms. The second-order valence-electron chi connectivity index (χ2n) is 4.53. The Morgan fingerprint density at radius 2 is 1.76 bits per heavy atom. The fraction of sp³-hybridized carbons (Fsp3) is 0.125. The highest BCUT2D eigenvalue weighted by Gasteiger charge is 2.38. The van der Waals surface area contributed by atoms with E-state index in [-0.39, 0.29) is 0 Å². The number of hydrogen-bond donors (Lipinski definition) is 0. The predicted octanol–water partition coefficient (Wildman–Crippen LogP) is 4.83. The summed E-state index contributed by atoms with van der Waals surface area (Å²) in [6.45, 7) is 2.15. The monoisotopic (exact) mass is 412 g/mol. The molecule has 0 N–H and O–H groups in total. The van der Waals surface area contributed by atoms with Crippen molar-refractivity contribution in [1.82, 2.24) is 0 Å². The third-order valence-electron chi connectivity index (χ3n) is 3.18. The Hall–Kier alpha value is -1.10. The molecule has 0 radical (unpaired) electrons. The van der Waals surface area contributed by atoms with E-state index in [0.717, 1.165) is 14.7 Å². The molecule has 2 aromatic rings. The second-order valence-corrected chi connectivity index (χ2v) is 7.53. The van der Waals surface area contributed by atoms with Crippen molar-refractivity contribution in [3.63, 3.8) is 0 Å². The van der Waals surface area contributed by atoms with Gasteiger partial charge in [0.25, 0.3) is 0 Å². The van der Waals surface area contributed by atoms with Crippen LogP contribution in [0.25, 0.3) is 9.34 Å². The van der Waals surface area contributed by atoms with E-state index in [4.69, 9.17) is 9.05 Å². The van der Waals surface area contributed by atoms with Gasteiger partial charge in [-0.25, -0.2) is 4.57 Å². The zero-order valence-corrected chi connectivity index (χ0v) is 14.5. The Morgan fingerprint density at radius 3 is 2.48 bits per heavy atom. The van der Waals surface area contributed by atoms with Gasteiger partial charge in [-0.05, 0) is 35.6 Å². The van der Waals surface area contributed by atoms with Gasteiger partial charge in [-0.2, -0.15) is 0 Å². The number of hydrogen-bond acceptors (Lipinski definition) is 3. The van der Waals surface area contributed by atoms with Crippen LogP contribution in [0.1, 0.15) is 18.1 Å². The summed E-state index contributed by atoms with van der Waals surface area (Å²) in [6.07, 6.45) is 0. The fourth-order valence-corrected chi connectivity index (χ4v) is 5.36. The standard InChI is InChI=1S/C16H14IO3P/c1-2-19-21(18)14-11-7-6-10-13(14)15(17)16(20-21)12-8-4-3-5-9-12/h3-11H,2H2,1H3. The largest absolute Gasteiger partial charge is 0.419 e. The minimum atomic E-state index is -3.33. The molecule has 0 fully saturated rings. The van der Waals surface area contributed by atoms with Gasteiger partial charge in [0.1, 0.15) is 0 Å². The quantitative estimate of drug-likeness (QED) is 0.535. The molecule has 0 aromatic heterocycles. The van der Waals surface area contributed by atoms with Crippen LogP contribution in [-0.2, 0) is 13.6 Å². The average molecular weight is 412 g/mol. The Kier molecular flexibility index (Phi) is 4.20. The molecule has 0 aliphatic carbocycles. The van der Waals surface area contributed by atoms with Crippen LogP contribution >= 0.6 is 30.2 Å². The fourth-order valence-electron chi connectivity index (χ4n) is 2.26. The Bertz CT molecular complexity index is 740. The maximum absolute atomic E-state index is 13.1. The summed E-state index contributed by atoms with van der Waals surface area (Å²) in [5.74, 6) is 0.617. The van der Waals surface area contributed by atoms with Crippen molar-refractivity contribution >= 4 is 44.8 Å². The highest BCUT2D eigenvalue weighted by molar-refractivity contribution is 14.1. The first kappa shape index (κ1) is 14.8. The molecular formula is C16H14IO3P. The lowest BCUT2D eigenvalue weighted by atomic mass is 10.1. The van der Waals surface area contributed by atoms with Crippen molar-refractivity contribution in [2.24, 2.45) is 0 Å². The zero-order chi connectivity index (χ0) is 14.9. The lowest BCUT2D eigenvalue weighted by Gasteiger charge is -2.28. The number of fused-ring (bicyclic) bond motifs is 1. The molecule has 1 aliphatic heterocycles. The maximum atomic E-state index is 13.1. The van der Waals surface area contributed by atoms with Gasteiger partial charge in [-0.15, -0.1) is 0 Å². The molecule has 2 aromatic carbocycles. The van der Waals surface area contributed by atoms with E-state index in [0.29, 0.717) is 17.7 Å². The third-order valence-corrected chi connectivity index (χ3v) is 6.25. The third kappa shape index (κ3) is 2.68. The minimum absolute atomic E-state index is 0.338. The van der Waals surface area contributed by atoms with Crippen LogP contribution in [0.15, 0.2) is 54.6 Å². The summed E-state index contributed by atoms with van der Waals surface area (Å²) in [5, 5.41) is 0.635. The number of rotatable bonds is 3. The van der Waals surface area contributed by atoms with Gasteiger partial charge in [0.2, 0.25) is 0 Å². The molecule has 1 aliphatic rings. The van der Waals surface area contributed by atoms with Crippen LogP contribution in [0.5, 0.6) is 0 Å². The van der Waals surface area contributed by atoms with Crippen LogP contribution in [0.4, 0.5) is 0 Å². The van der Waals surface area contributed by atoms with Gasteiger partial charge >= 0.3 is 7.60 Å². The summed E-state index contributed by atoms with van der Waals surface area (Å²) in [4.78, 5) is 0. The molecule has 0 amide bonds. The zero-order valence-electron chi connectivity index (χ0n) is 11.5.